The van der Waals surface area contributed by atoms with Crippen LogP contribution in [0.5, 0.6) is 0 Å². The van der Waals surface area contributed by atoms with Gasteiger partial charge in [0.15, 0.2) is 5.78 Å². The van der Waals surface area contributed by atoms with E-state index in [0.717, 1.165) is 32.3 Å². The van der Waals surface area contributed by atoms with Crippen molar-refractivity contribution in [3.8, 4) is 0 Å². The monoisotopic (exact) mass is 266 g/mol. The molecule has 0 bridgehead atoms. The third-order valence-corrected chi connectivity index (χ3v) is 4.17. The smallest absolute Gasteiger partial charge is 0.194 e. The number of carbonyl (C=O) groups excluding carboxylic acids is 1. The van der Waals surface area contributed by atoms with Crippen LogP contribution in [-0.4, -0.2) is 5.78 Å². The van der Waals surface area contributed by atoms with E-state index in [1.54, 1.807) is 11.3 Å². The molecule has 0 atom stereocenters. The molecule has 0 radical (unpaired) electrons. The lowest BCUT2D eigenvalue weighted by atomic mass is 9.99. The summed E-state index contributed by atoms with van der Waals surface area (Å²) < 4.78 is 1.08. The van der Waals surface area contributed by atoms with E-state index in [0.29, 0.717) is 0 Å². The maximum absolute atomic E-state index is 12.7. The molecule has 2 aromatic carbocycles. The molecule has 3 rings (SSSR count). The fourth-order valence-corrected chi connectivity index (χ4v) is 3.34. The molecule has 0 spiro atoms. The van der Waals surface area contributed by atoms with Crippen molar-refractivity contribution < 1.29 is 4.79 Å². The van der Waals surface area contributed by atoms with Gasteiger partial charge in [0.1, 0.15) is 0 Å². The fraction of sp³-hybridized carbons (Fsp3) is 0.118. The van der Waals surface area contributed by atoms with Gasteiger partial charge in [0, 0.05) is 15.8 Å². The highest BCUT2D eigenvalue weighted by Crippen LogP contribution is 2.27. The highest BCUT2D eigenvalue weighted by molar-refractivity contribution is 7.17. The quantitative estimate of drug-likeness (QED) is 0.612. The van der Waals surface area contributed by atoms with E-state index >= 15 is 0 Å². The molecule has 0 saturated heterocycles. The van der Waals surface area contributed by atoms with Crippen LogP contribution < -0.4 is 0 Å². The van der Waals surface area contributed by atoms with E-state index in [1.807, 2.05) is 49.6 Å². The standard InChI is InChI=1S/C17H14OS/c1-11-8-12(2)10-14(9-11)16(18)15-5-3-4-13-6-7-19-17(13)15/h3-10H,1-2H3. The molecule has 0 aliphatic rings. The van der Waals surface area contributed by atoms with Crippen molar-refractivity contribution in [3.63, 3.8) is 0 Å². The van der Waals surface area contributed by atoms with Gasteiger partial charge in [-0.25, -0.2) is 0 Å². The normalized spacial score (nSPS) is 10.8. The average Bonchev–Trinajstić information content (AvgIpc) is 2.84. The number of carbonyl (C=O) groups is 1. The van der Waals surface area contributed by atoms with Crippen LogP contribution in [0.2, 0.25) is 0 Å². The lowest BCUT2D eigenvalue weighted by Crippen LogP contribution is -2.02. The second kappa shape index (κ2) is 4.63. The van der Waals surface area contributed by atoms with E-state index in [1.165, 1.54) is 0 Å². The van der Waals surface area contributed by atoms with Gasteiger partial charge >= 0.3 is 0 Å². The van der Waals surface area contributed by atoms with Crippen molar-refractivity contribution in [3.05, 3.63) is 70.1 Å². The molecule has 2 heteroatoms. The zero-order chi connectivity index (χ0) is 13.4. The van der Waals surface area contributed by atoms with Gasteiger partial charge in [-0.05, 0) is 48.9 Å². The lowest BCUT2D eigenvalue weighted by molar-refractivity contribution is 0.104. The molecule has 1 aromatic heterocycles. The summed E-state index contributed by atoms with van der Waals surface area (Å²) in [5.74, 6) is 0.111. The predicted molar refractivity (Wildman–Crippen MR) is 81.2 cm³/mol. The van der Waals surface area contributed by atoms with Gasteiger partial charge in [0.05, 0.1) is 0 Å². The number of hydrogen-bond donors (Lipinski definition) is 0. The Balaban J connectivity index is 2.16. The SMILES string of the molecule is Cc1cc(C)cc(C(=O)c2cccc3ccsc23)c1. The summed E-state index contributed by atoms with van der Waals surface area (Å²) in [5.41, 5.74) is 3.83. The highest BCUT2D eigenvalue weighted by atomic mass is 32.1. The second-order valence-electron chi connectivity index (χ2n) is 4.85. The number of rotatable bonds is 2. The Hall–Kier alpha value is -1.93. The van der Waals surface area contributed by atoms with E-state index in [4.69, 9.17) is 0 Å². The topological polar surface area (TPSA) is 17.1 Å². The van der Waals surface area contributed by atoms with E-state index in [9.17, 15) is 4.79 Å². The minimum atomic E-state index is 0.111. The molecule has 94 valence electrons. The van der Waals surface area contributed by atoms with Gasteiger partial charge in [0.25, 0.3) is 0 Å². The molecule has 0 fully saturated rings. The Kier molecular flexibility index (Phi) is 2.96. The van der Waals surface area contributed by atoms with Crippen LogP contribution in [0.15, 0.2) is 47.8 Å². The second-order valence-corrected chi connectivity index (χ2v) is 5.77. The Morgan fingerprint density at radius 1 is 1.00 bits per heavy atom. The summed E-state index contributed by atoms with van der Waals surface area (Å²) in [7, 11) is 0. The molecule has 0 saturated carbocycles. The molecule has 0 aliphatic carbocycles. The molecule has 1 heterocycles. The minimum Gasteiger partial charge on any atom is -0.289 e. The molecular formula is C17H14OS. The molecule has 0 aliphatic heterocycles. The van der Waals surface area contributed by atoms with E-state index in [-0.39, 0.29) is 5.78 Å². The first-order valence-electron chi connectivity index (χ1n) is 6.24. The maximum Gasteiger partial charge on any atom is 0.194 e. The summed E-state index contributed by atoms with van der Waals surface area (Å²) in [4.78, 5) is 12.7. The first-order chi connectivity index (χ1) is 9.15. The zero-order valence-electron chi connectivity index (χ0n) is 10.9. The van der Waals surface area contributed by atoms with Crippen LogP contribution in [0.1, 0.15) is 27.0 Å². The van der Waals surface area contributed by atoms with Crippen molar-refractivity contribution in [1.29, 1.82) is 0 Å². The summed E-state index contributed by atoms with van der Waals surface area (Å²) >= 11 is 1.62. The van der Waals surface area contributed by atoms with Gasteiger partial charge < -0.3 is 0 Å². The Morgan fingerprint density at radius 2 is 1.74 bits per heavy atom. The van der Waals surface area contributed by atoms with Crippen LogP contribution in [-0.2, 0) is 0 Å². The first-order valence-corrected chi connectivity index (χ1v) is 7.12. The third-order valence-electron chi connectivity index (χ3n) is 3.21. The molecule has 0 unspecified atom stereocenters. The van der Waals surface area contributed by atoms with Crippen LogP contribution in [0, 0.1) is 13.8 Å². The Labute approximate surface area is 116 Å². The van der Waals surface area contributed by atoms with Gasteiger partial charge in [-0.1, -0.05) is 29.3 Å². The molecular weight excluding hydrogens is 252 g/mol. The van der Waals surface area contributed by atoms with Crippen molar-refractivity contribution in [2.24, 2.45) is 0 Å². The van der Waals surface area contributed by atoms with Crippen LogP contribution >= 0.6 is 11.3 Å². The first kappa shape index (κ1) is 12.1. The van der Waals surface area contributed by atoms with Crippen LogP contribution in [0.3, 0.4) is 0 Å². The van der Waals surface area contributed by atoms with Gasteiger partial charge in [-0.3, -0.25) is 4.79 Å². The van der Waals surface area contributed by atoms with E-state index < -0.39 is 0 Å². The van der Waals surface area contributed by atoms with Gasteiger partial charge in [0.2, 0.25) is 0 Å². The largest absolute Gasteiger partial charge is 0.289 e. The Bertz CT molecular complexity index is 748. The molecule has 0 N–H and O–H groups in total. The Morgan fingerprint density at radius 3 is 2.47 bits per heavy atom. The average molecular weight is 266 g/mol. The van der Waals surface area contributed by atoms with Crippen LogP contribution in [0.25, 0.3) is 10.1 Å². The molecule has 0 amide bonds. The highest BCUT2D eigenvalue weighted by Gasteiger charge is 2.13. The minimum absolute atomic E-state index is 0.111. The van der Waals surface area contributed by atoms with Gasteiger partial charge in [-0.2, -0.15) is 0 Å². The van der Waals surface area contributed by atoms with Crippen molar-refractivity contribution in [2.45, 2.75) is 13.8 Å². The number of benzene rings is 2. The number of fused-ring (bicyclic) bond motifs is 1. The van der Waals surface area contributed by atoms with Crippen molar-refractivity contribution in [2.75, 3.05) is 0 Å². The maximum atomic E-state index is 12.7. The molecule has 3 aromatic rings. The summed E-state index contributed by atoms with van der Waals surface area (Å²) in [5, 5.41) is 3.17. The van der Waals surface area contributed by atoms with Crippen molar-refractivity contribution in [1.82, 2.24) is 0 Å². The fourth-order valence-electron chi connectivity index (χ4n) is 2.43. The number of ketones is 1. The summed E-state index contributed by atoms with van der Waals surface area (Å²) in [6, 6.07) is 14.0. The van der Waals surface area contributed by atoms with Crippen molar-refractivity contribution >= 4 is 27.2 Å². The summed E-state index contributed by atoms with van der Waals surface area (Å²) in [6.07, 6.45) is 0. The zero-order valence-corrected chi connectivity index (χ0v) is 11.8. The number of hydrogen-bond acceptors (Lipinski definition) is 2. The molecule has 19 heavy (non-hydrogen) atoms. The van der Waals surface area contributed by atoms with Crippen LogP contribution in [0.4, 0.5) is 0 Å². The third kappa shape index (κ3) is 2.20. The predicted octanol–water partition coefficient (Wildman–Crippen LogP) is 4.75. The summed E-state index contributed by atoms with van der Waals surface area (Å²) in [6.45, 7) is 4.05. The van der Waals surface area contributed by atoms with E-state index in [2.05, 4.69) is 12.1 Å². The van der Waals surface area contributed by atoms with Gasteiger partial charge in [-0.15, -0.1) is 11.3 Å². The lowest BCUT2D eigenvalue weighted by Gasteiger charge is -2.05. The number of thiophene rings is 1. The molecule has 1 nitrogen and oxygen atoms in total. The number of aryl methyl sites for hydroxylation is 2.